The molecule has 2 heterocycles. The molecule has 2 aliphatic rings. The van der Waals surface area contributed by atoms with E-state index < -0.39 is 0 Å². The van der Waals surface area contributed by atoms with Crippen LogP contribution in [0.2, 0.25) is 0 Å². The van der Waals surface area contributed by atoms with Crippen LogP contribution in [0.25, 0.3) is 0 Å². The van der Waals surface area contributed by atoms with Gasteiger partial charge >= 0.3 is 0 Å². The molecule has 1 atom stereocenters. The van der Waals surface area contributed by atoms with Crippen molar-refractivity contribution < 1.29 is 0 Å². The molecule has 1 saturated carbocycles. The Morgan fingerprint density at radius 2 is 1.82 bits per heavy atom. The molecule has 4 nitrogen and oxygen atoms in total. The van der Waals surface area contributed by atoms with Crippen LogP contribution in [0.15, 0.2) is 12.4 Å². The fourth-order valence-corrected chi connectivity index (χ4v) is 4.41. The highest BCUT2D eigenvalue weighted by Crippen LogP contribution is 2.35. The maximum Gasteiger partial charge on any atom is 0.125 e. The van der Waals surface area contributed by atoms with Crippen LogP contribution < -0.4 is 5.32 Å². The summed E-state index contributed by atoms with van der Waals surface area (Å²) in [4.78, 5) is 7.31. The second-order valence-electron chi connectivity index (χ2n) is 7.33. The third kappa shape index (κ3) is 3.38. The van der Waals surface area contributed by atoms with Crippen molar-refractivity contribution in [1.29, 1.82) is 0 Å². The molecule has 0 bridgehead atoms. The van der Waals surface area contributed by atoms with Crippen molar-refractivity contribution >= 4 is 0 Å². The highest BCUT2D eigenvalue weighted by atomic mass is 15.2. The summed E-state index contributed by atoms with van der Waals surface area (Å²) in [6.45, 7) is 5.97. The summed E-state index contributed by atoms with van der Waals surface area (Å²) in [6.07, 6.45) is 15.1. The van der Waals surface area contributed by atoms with Gasteiger partial charge in [0.1, 0.15) is 5.82 Å². The Labute approximate surface area is 135 Å². The molecule has 0 radical (unpaired) electrons. The fourth-order valence-electron chi connectivity index (χ4n) is 4.41. The Kier molecular flexibility index (Phi) is 5.19. The van der Waals surface area contributed by atoms with Crippen molar-refractivity contribution in [3.8, 4) is 0 Å². The molecule has 4 heteroatoms. The van der Waals surface area contributed by atoms with Gasteiger partial charge in [-0.3, -0.25) is 4.90 Å². The number of aryl methyl sites for hydroxylation is 1. The van der Waals surface area contributed by atoms with E-state index in [-0.39, 0.29) is 0 Å². The standard InChI is InChI=1S/C18H32N4/c1-16(17-19-11-14-21(17)2)20-15-18(9-5-3-6-10-18)22-12-7-4-8-13-22/h11,14,16,20H,3-10,12-13,15H2,1-2H3. The van der Waals surface area contributed by atoms with Gasteiger partial charge in [-0.15, -0.1) is 0 Å². The maximum absolute atomic E-state index is 4.50. The molecular formula is C18H32N4. The van der Waals surface area contributed by atoms with E-state index >= 15 is 0 Å². The van der Waals surface area contributed by atoms with Crippen LogP contribution in [0.3, 0.4) is 0 Å². The lowest BCUT2D eigenvalue weighted by molar-refractivity contribution is 0.0315. The van der Waals surface area contributed by atoms with Gasteiger partial charge in [0.2, 0.25) is 0 Å². The van der Waals surface area contributed by atoms with Crippen LogP contribution in [0, 0.1) is 0 Å². The second kappa shape index (κ2) is 7.14. The van der Waals surface area contributed by atoms with Crippen molar-refractivity contribution in [2.24, 2.45) is 7.05 Å². The number of hydrogen-bond donors (Lipinski definition) is 1. The number of nitrogens with one attached hydrogen (secondary N) is 1. The summed E-state index contributed by atoms with van der Waals surface area (Å²) in [5.74, 6) is 1.14. The minimum Gasteiger partial charge on any atom is -0.337 e. The van der Waals surface area contributed by atoms with Gasteiger partial charge in [0, 0.05) is 31.5 Å². The van der Waals surface area contributed by atoms with E-state index in [2.05, 4.69) is 33.7 Å². The van der Waals surface area contributed by atoms with E-state index in [1.54, 1.807) is 0 Å². The van der Waals surface area contributed by atoms with E-state index in [0.29, 0.717) is 11.6 Å². The van der Waals surface area contributed by atoms with Crippen molar-refractivity contribution in [1.82, 2.24) is 19.8 Å². The first-order valence-electron chi connectivity index (χ1n) is 9.17. The third-order valence-corrected chi connectivity index (χ3v) is 5.79. The van der Waals surface area contributed by atoms with Gasteiger partial charge in [0.15, 0.2) is 0 Å². The van der Waals surface area contributed by atoms with Gasteiger partial charge in [-0.05, 0) is 45.7 Å². The van der Waals surface area contributed by atoms with Gasteiger partial charge < -0.3 is 9.88 Å². The summed E-state index contributed by atoms with van der Waals surface area (Å²) in [7, 11) is 2.08. The molecule has 0 aromatic carbocycles. The molecule has 124 valence electrons. The first-order valence-corrected chi connectivity index (χ1v) is 9.17. The van der Waals surface area contributed by atoms with E-state index in [4.69, 9.17) is 0 Å². The van der Waals surface area contributed by atoms with Crippen LogP contribution in [-0.2, 0) is 7.05 Å². The second-order valence-corrected chi connectivity index (χ2v) is 7.33. The Morgan fingerprint density at radius 1 is 1.14 bits per heavy atom. The smallest absolute Gasteiger partial charge is 0.125 e. The fraction of sp³-hybridized carbons (Fsp3) is 0.833. The summed E-state index contributed by atoms with van der Waals surface area (Å²) in [5, 5.41) is 3.81. The minimum absolute atomic E-state index is 0.323. The quantitative estimate of drug-likeness (QED) is 0.906. The predicted molar refractivity (Wildman–Crippen MR) is 90.9 cm³/mol. The van der Waals surface area contributed by atoms with Crippen molar-refractivity contribution in [3.63, 3.8) is 0 Å². The van der Waals surface area contributed by atoms with Gasteiger partial charge in [0.25, 0.3) is 0 Å². The van der Waals surface area contributed by atoms with Crippen LogP contribution in [0.1, 0.15) is 70.2 Å². The molecule has 0 spiro atoms. The lowest BCUT2D eigenvalue weighted by Gasteiger charge is -2.49. The summed E-state index contributed by atoms with van der Waals surface area (Å²) < 4.78 is 2.13. The molecule has 1 aliphatic carbocycles. The molecule has 1 aromatic rings. The zero-order valence-electron chi connectivity index (χ0n) is 14.4. The topological polar surface area (TPSA) is 33.1 Å². The number of nitrogens with zero attached hydrogens (tertiary/aromatic N) is 3. The average molecular weight is 304 g/mol. The lowest BCUT2D eigenvalue weighted by atomic mass is 9.79. The van der Waals surface area contributed by atoms with Crippen molar-refractivity contribution in [2.45, 2.75) is 69.9 Å². The molecule has 22 heavy (non-hydrogen) atoms. The first kappa shape index (κ1) is 16.0. The highest BCUT2D eigenvalue weighted by molar-refractivity contribution is 5.01. The van der Waals surface area contributed by atoms with E-state index in [1.165, 1.54) is 64.5 Å². The first-order chi connectivity index (χ1) is 10.7. The minimum atomic E-state index is 0.323. The zero-order valence-corrected chi connectivity index (χ0v) is 14.4. The summed E-state index contributed by atoms with van der Waals surface area (Å²) in [5.41, 5.74) is 0.401. The van der Waals surface area contributed by atoms with E-state index in [1.807, 2.05) is 12.4 Å². The molecule has 0 amide bonds. The van der Waals surface area contributed by atoms with E-state index in [9.17, 15) is 0 Å². The van der Waals surface area contributed by atoms with Crippen LogP contribution in [0.4, 0.5) is 0 Å². The molecule has 1 N–H and O–H groups in total. The van der Waals surface area contributed by atoms with Gasteiger partial charge in [-0.2, -0.15) is 0 Å². The monoisotopic (exact) mass is 304 g/mol. The largest absolute Gasteiger partial charge is 0.337 e. The number of imidazole rings is 1. The molecule has 2 fully saturated rings. The molecule has 1 aromatic heterocycles. The Morgan fingerprint density at radius 3 is 2.45 bits per heavy atom. The average Bonchev–Trinajstić information content (AvgIpc) is 3.00. The lowest BCUT2D eigenvalue weighted by Crippen LogP contribution is -2.57. The molecular weight excluding hydrogens is 272 g/mol. The van der Waals surface area contributed by atoms with Gasteiger partial charge in [0.05, 0.1) is 6.04 Å². The van der Waals surface area contributed by atoms with Crippen LogP contribution in [0.5, 0.6) is 0 Å². The van der Waals surface area contributed by atoms with Crippen LogP contribution >= 0.6 is 0 Å². The van der Waals surface area contributed by atoms with Crippen molar-refractivity contribution in [3.05, 3.63) is 18.2 Å². The normalized spacial score (nSPS) is 24.3. The maximum atomic E-state index is 4.50. The molecule has 1 saturated heterocycles. The molecule has 1 aliphatic heterocycles. The summed E-state index contributed by atoms with van der Waals surface area (Å²) in [6, 6.07) is 0.323. The van der Waals surface area contributed by atoms with Gasteiger partial charge in [-0.1, -0.05) is 25.7 Å². The Balaban J connectivity index is 1.66. The molecule has 1 unspecified atom stereocenters. The predicted octanol–water partition coefficient (Wildman–Crippen LogP) is 3.26. The van der Waals surface area contributed by atoms with Crippen LogP contribution in [-0.4, -0.2) is 39.6 Å². The van der Waals surface area contributed by atoms with Crippen molar-refractivity contribution in [2.75, 3.05) is 19.6 Å². The van der Waals surface area contributed by atoms with E-state index in [0.717, 1.165) is 12.4 Å². The Hall–Kier alpha value is -0.870. The number of likely N-dealkylation sites (tertiary alicyclic amines) is 1. The number of hydrogen-bond acceptors (Lipinski definition) is 3. The highest BCUT2D eigenvalue weighted by Gasteiger charge is 2.38. The summed E-state index contributed by atoms with van der Waals surface area (Å²) >= 11 is 0. The SMILES string of the molecule is CC(NCC1(N2CCCCC2)CCCCC1)c1nccn1C. The number of rotatable bonds is 5. The number of aromatic nitrogens is 2. The zero-order chi connectivity index (χ0) is 15.4. The molecule has 3 rings (SSSR count). The Bertz CT molecular complexity index is 455. The number of piperidine rings is 1. The van der Waals surface area contributed by atoms with Gasteiger partial charge in [-0.25, -0.2) is 4.98 Å². The third-order valence-electron chi connectivity index (χ3n) is 5.79.